The van der Waals surface area contributed by atoms with Gasteiger partial charge in [-0.1, -0.05) is 17.3 Å². The van der Waals surface area contributed by atoms with Crippen molar-refractivity contribution in [3.63, 3.8) is 0 Å². The molecule has 86 valence electrons. The summed E-state index contributed by atoms with van der Waals surface area (Å²) in [5.41, 5.74) is 1.62. The van der Waals surface area contributed by atoms with Gasteiger partial charge in [0.25, 0.3) is 0 Å². The molecule has 0 saturated carbocycles. The Labute approximate surface area is 96.3 Å². The number of benzene rings is 1. The molecule has 0 aliphatic rings. The molecule has 0 amide bonds. The van der Waals surface area contributed by atoms with Gasteiger partial charge in [-0.05, 0) is 12.1 Å². The van der Waals surface area contributed by atoms with Gasteiger partial charge in [0.2, 0.25) is 0 Å². The number of aromatic hydroxyl groups is 2. The molecule has 2 heterocycles. The Bertz CT molecular complexity index is 651. The van der Waals surface area contributed by atoms with Crippen molar-refractivity contribution in [1.82, 2.24) is 19.6 Å². The highest BCUT2D eigenvalue weighted by atomic mass is 16.3. The number of nitrogens with zero attached hydrogens (tertiary/aromatic N) is 4. The lowest BCUT2D eigenvalue weighted by molar-refractivity contribution is 0.351. The molecule has 2 N–H and O–H groups in total. The second kappa shape index (κ2) is 3.51. The Morgan fingerprint density at radius 2 is 1.71 bits per heavy atom. The predicted octanol–water partition coefficient (Wildman–Crippen LogP) is 1.15. The molecule has 6 nitrogen and oxygen atoms in total. The molecule has 1 aromatic carbocycles. The Kier molecular flexibility index (Phi) is 2.01. The lowest BCUT2D eigenvalue weighted by atomic mass is 10.3. The third-order valence-corrected chi connectivity index (χ3v) is 2.63. The van der Waals surface area contributed by atoms with Crippen molar-refractivity contribution < 1.29 is 10.2 Å². The highest BCUT2D eigenvalue weighted by molar-refractivity contribution is 5.73. The minimum Gasteiger partial charge on any atom is -0.494 e. The van der Waals surface area contributed by atoms with E-state index < -0.39 is 0 Å². The van der Waals surface area contributed by atoms with Crippen LogP contribution >= 0.6 is 0 Å². The zero-order valence-corrected chi connectivity index (χ0v) is 8.85. The van der Waals surface area contributed by atoms with Crippen LogP contribution < -0.4 is 0 Å². The molecule has 6 heteroatoms. The fourth-order valence-corrected chi connectivity index (χ4v) is 1.75. The average molecular weight is 230 g/mol. The summed E-state index contributed by atoms with van der Waals surface area (Å²) in [4.78, 5) is 0. The molecule has 0 fully saturated rings. The van der Waals surface area contributed by atoms with Crippen LogP contribution in [-0.2, 0) is 6.67 Å². The van der Waals surface area contributed by atoms with Gasteiger partial charge in [-0.25, -0.2) is 4.68 Å². The molecule has 3 aromatic rings. The van der Waals surface area contributed by atoms with Gasteiger partial charge in [-0.15, -0.1) is 5.10 Å². The van der Waals surface area contributed by atoms with E-state index in [1.165, 1.54) is 16.7 Å². The first-order chi connectivity index (χ1) is 8.25. The van der Waals surface area contributed by atoms with Crippen molar-refractivity contribution in [3.8, 4) is 11.8 Å². The van der Waals surface area contributed by atoms with Crippen LogP contribution in [0.15, 0.2) is 36.4 Å². The van der Waals surface area contributed by atoms with Crippen LogP contribution in [0.4, 0.5) is 0 Å². The van der Waals surface area contributed by atoms with Crippen molar-refractivity contribution in [2.75, 3.05) is 0 Å². The Hall–Kier alpha value is -2.50. The summed E-state index contributed by atoms with van der Waals surface area (Å²) < 4.78 is 2.94. The van der Waals surface area contributed by atoms with Crippen LogP contribution in [0.1, 0.15) is 0 Å². The van der Waals surface area contributed by atoms with E-state index in [1.807, 2.05) is 24.3 Å². The smallest absolute Gasteiger partial charge is 0.195 e. The minimum absolute atomic E-state index is 0.0120. The summed E-state index contributed by atoms with van der Waals surface area (Å²) in [7, 11) is 0. The highest BCUT2D eigenvalue weighted by Crippen LogP contribution is 2.21. The van der Waals surface area contributed by atoms with E-state index in [9.17, 15) is 10.2 Å². The summed E-state index contributed by atoms with van der Waals surface area (Å²) in [6.07, 6.45) is 0. The second-order valence-electron chi connectivity index (χ2n) is 3.70. The SMILES string of the molecule is Oc1ccc(O)n1Cn1nnc2ccccc21. The lowest BCUT2D eigenvalue weighted by Crippen LogP contribution is -2.08. The molecule has 0 unspecified atom stereocenters. The standard InChI is InChI=1S/C11H10N4O2/c16-10-5-6-11(17)14(10)7-15-9-4-2-1-3-8(9)12-13-15/h1-6,16-17H,7H2. The molecule has 0 aliphatic carbocycles. The molecule has 0 saturated heterocycles. The van der Waals surface area contributed by atoms with Gasteiger partial charge in [-0.3, -0.25) is 4.57 Å². The van der Waals surface area contributed by atoms with Crippen molar-refractivity contribution in [2.24, 2.45) is 0 Å². The van der Waals surface area contributed by atoms with E-state index in [-0.39, 0.29) is 18.4 Å². The normalized spacial score (nSPS) is 11.1. The molecule has 0 spiro atoms. The van der Waals surface area contributed by atoms with Crippen LogP contribution in [-0.4, -0.2) is 29.8 Å². The number of hydrogen-bond acceptors (Lipinski definition) is 4. The highest BCUT2D eigenvalue weighted by Gasteiger charge is 2.09. The Morgan fingerprint density at radius 1 is 1.00 bits per heavy atom. The topological polar surface area (TPSA) is 76.1 Å². The third-order valence-electron chi connectivity index (χ3n) is 2.63. The van der Waals surface area contributed by atoms with Crippen LogP contribution in [0.2, 0.25) is 0 Å². The molecular formula is C11H10N4O2. The summed E-state index contributed by atoms with van der Waals surface area (Å²) in [5, 5.41) is 27.1. The molecule has 3 rings (SSSR count). The number of para-hydroxylation sites is 1. The summed E-state index contributed by atoms with van der Waals surface area (Å²) in [6, 6.07) is 10.4. The van der Waals surface area contributed by atoms with Crippen molar-refractivity contribution in [3.05, 3.63) is 36.4 Å². The van der Waals surface area contributed by atoms with Gasteiger partial charge in [0.1, 0.15) is 12.2 Å². The first kappa shape index (κ1) is 9.71. The van der Waals surface area contributed by atoms with Gasteiger partial charge in [0.05, 0.1) is 5.52 Å². The average Bonchev–Trinajstić information content (AvgIpc) is 2.88. The zero-order valence-electron chi connectivity index (χ0n) is 8.85. The molecule has 0 bridgehead atoms. The maximum absolute atomic E-state index is 9.54. The monoisotopic (exact) mass is 230 g/mol. The van der Waals surface area contributed by atoms with Gasteiger partial charge in [0.15, 0.2) is 11.8 Å². The second-order valence-corrected chi connectivity index (χ2v) is 3.70. The van der Waals surface area contributed by atoms with Crippen LogP contribution in [0, 0.1) is 0 Å². The van der Waals surface area contributed by atoms with Crippen molar-refractivity contribution >= 4 is 11.0 Å². The quantitative estimate of drug-likeness (QED) is 0.692. The van der Waals surface area contributed by atoms with E-state index >= 15 is 0 Å². The summed E-state index contributed by atoms with van der Waals surface area (Å²) in [5.74, 6) is -0.0239. The number of fused-ring (bicyclic) bond motifs is 1. The molecule has 0 aliphatic heterocycles. The Morgan fingerprint density at radius 3 is 2.47 bits per heavy atom. The number of rotatable bonds is 2. The largest absolute Gasteiger partial charge is 0.494 e. The predicted molar refractivity (Wildman–Crippen MR) is 60.7 cm³/mol. The van der Waals surface area contributed by atoms with Crippen molar-refractivity contribution in [2.45, 2.75) is 6.67 Å². The van der Waals surface area contributed by atoms with E-state index in [0.29, 0.717) is 0 Å². The fraction of sp³-hybridized carbons (Fsp3) is 0.0909. The molecule has 17 heavy (non-hydrogen) atoms. The minimum atomic E-state index is -0.0120. The summed E-state index contributed by atoms with van der Waals surface area (Å²) in [6.45, 7) is 0.213. The number of aromatic nitrogens is 4. The third kappa shape index (κ3) is 1.50. The van der Waals surface area contributed by atoms with Gasteiger partial charge in [-0.2, -0.15) is 0 Å². The van der Waals surface area contributed by atoms with E-state index in [1.54, 1.807) is 4.68 Å². The summed E-state index contributed by atoms with van der Waals surface area (Å²) >= 11 is 0. The molecule has 2 aromatic heterocycles. The molecular weight excluding hydrogens is 220 g/mol. The Balaban J connectivity index is 2.06. The van der Waals surface area contributed by atoms with E-state index in [4.69, 9.17) is 0 Å². The van der Waals surface area contributed by atoms with Crippen LogP contribution in [0.5, 0.6) is 11.8 Å². The number of hydrogen-bond donors (Lipinski definition) is 2. The van der Waals surface area contributed by atoms with Crippen LogP contribution in [0.3, 0.4) is 0 Å². The maximum atomic E-state index is 9.54. The van der Waals surface area contributed by atoms with Gasteiger partial charge in [0, 0.05) is 12.1 Å². The lowest BCUT2D eigenvalue weighted by Gasteiger charge is -2.06. The van der Waals surface area contributed by atoms with Gasteiger partial charge >= 0.3 is 0 Å². The fourth-order valence-electron chi connectivity index (χ4n) is 1.75. The molecule has 0 atom stereocenters. The van der Waals surface area contributed by atoms with E-state index in [0.717, 1.165) is 11.0 Å². The first-order valence-electron chi connectivity index (χ1n) is 5.11. The zero-order chi connectivity index (χ0) is 11.8. The van der Waals surface area contributed by atoms with Crippen molar-refractivity contribution in [1.29, 1.82) is 0 Å². The van der Waals surface area contributed by atoms with Gasteiger partial charge < -0.3 is 10.2 Å². The maximum Gasteiger partial charge on any atom is 0.195 e. The van der Waals surface area contributed by atoms with Crippen LogP contribution in [0.25, 0.3) is 11.0 Å². The first-order valence-corrected chi connectivity index (χ1v) is 5.11. The van der Waals surface area contributed by atoms with E-state index in [2.05, 4.69) is 10.3 Å². The molecule has 0 radical (unpaired) electrons.